The highest BCUT2D eigenvalue weighted by Gasteiger charge is 2.31. The normalized spacial score (nSPS) is 13.8. The summed E-state index contributed by atoms with van der Waals surface area (Å²) in [6, 6.07) is 6.86. The van der Waals surface area contributed by atoms with Gasteiger partial charge in [0.15, 0.2) is 0 Å². The van der Waals surface area contributed by atoms with E-state index in [9.17, 15) is 13.2 Å². The molecule has 0 aliphatic carbocycles. The summed E-state index contributed by atoms with van der Waals surface area (Å²) < 4.78 is 40.0. The Morgan fingerprint density at radius 1 is 1.29 bits per heavy atom. The molecule has 0 bridgehead atoms. The van der Waals surface area contributed by atoms with E-state index in [1.807, 2.05) is 17.5 Å². The lowest BCUT2D eigenvalue weighted by molar-refractivity contribution is -0.137. The predicted octanol–water partition coefficient (Wildman–Crippen LogP) is 3.70. The maximum absolute atomic E-state index is 12.7. The van der Waals surface area contributed by atoms with Crippen LogP contribution in [0.1, 0.15) is 22.3 Å². The van der Waals surface area contributed by atoms with Crippen molar-refractivity contribution in [2.24, 2.45) is 12.8 Å². The minimum absolute atomic E-state index is 0.300. The van der Waals surface area contributed by atoms with Gasteiger partial charge in [-0.05, 0) is 29.6 Å². The lowest BCUT2D eigenvalue weighted by Crippen LogP contribution is -2.15. The van der Waals surface area contributed by atoms with Gasteiger partial charge in [-0.2, -0.15) is 13.2 Å². The molecule has 21 heavy (non-hydrogen) atoms. The fraction of sp³-hybridized carbons (Fsp3) is 0.214. The van der Waals surface area contributed by atoms with Crippen molar-refractivity contribution in [2.75, 3.05) is 0 Å². The first-order chi connectivity index (χ1) is 9.88. The number of aryl methyl sites for hydroxylation is 1. The van der Waals surface area contributed by atoms with Crippen molar-refractivity contribution in [1.82, 2.24) is 9.55 Å². The van der Waals surface area contributed by atoms with Crippen LogP contribution in [0.5, 0.6) is 0 Å². The summed E-state index contributed by atoms with van der Waals surface area (Å²) in [5.74, 6) is 0.548. The molecule has 2 heterocycles. The molecule has 0 fully saturated rings. The first-order valence-corrected chi connectivity index (χ1v) is 7.08. The molecule has 0 aliphatic rings. The molecule has 1 atom stereocenters. The van der Waals surface area contributed by atoms with Crippen molar-refractivity contribution < 1.29 is 13.2 Å². The molecule has 1 unspecified atom stereocenters. The summed E-state index contributed by atoms with van der Waals surface area (Å²) in [6.07, 6.45) is -4.37. The summed E-state index contributed by atoms with van der Waals surface area (Å²) >= 11 is 1.49. The van der Waals surface area contributed by atoms with E-state index in [1.54, 1.807) is 11.6 Å². The van der Waals surface area contributed by atoms with Crippen LogP contribution in [-0.2, 0) is 13.2 Å². The second-order valence-electron chi connectivity index (χ2n) is 4.72. The van der Waals surface area contributed by atoms with Gasteiger partial charge in [0, 0.05) is 11.9 Å². The molecule has 2 aromatic heterocycles. The standard InChI is InChI=1S/C14H12F3N3S/c1-20-10-5-4-8(14(15,16)17)7-9(10)19-13(20)12(18)11-3-2-6-21-11/h2-7,12H,18H2,1H3. The number of halogens is 3. The average molecular weight is 311 g/mol. The Bertz CT molecular complexity index is 775. The van der Waals surface area contributed by atoms with Crippen molar-refractivity contribution >= 4 is 22.4 Å². The van der Waals surface area contributed by atoms with Crippen LogP contribution in [0.3, 0.4) is 0 Å². The average Bonchev–Trinajstić information content (AvgIpc) is 3.05. The molecule has 3 nitrogen and oxygen atoms in total. The van der Waals surface area contributed by atoms with Crippen molar-refractivity contribution in [3.63, 3.8) is 0 Å². The molecule has 3 aromatic rings. The minimum Gasteiger partial charge on any atom is -0.329 e. The van der Waals surface area contributed by atoms with Crippen LogP contribution in [0.15, 0.2) is 35.7 Å². The largest absolute Gasteiger partial charge is 0.416 e. The summed E-state index contributed by atoms with van der Waals surface area (Å²) in [7, 11) is 1.76. The van der Waals surface area contributed by atoms with E-state index < -0.39 is 17.8 Å². The van der Waals surface area contributed by atoms with Crippen LogP contribution in [0, 0.1) is 0 Å². The third-order valence-electron chi connectivity index (χ3n) is 3.37. The summed E-state index contributed by atoms with van der Waals surface area (Å²) in [6.45, 7) is 0. The van der Waals surface area contributed by atoms with Gasteiger partial charge in [-0.1, -0.05) is 6.07 Å². The first kappa shape index (κ1) is 14.1. The predicted molar refractivity (Wildman–Crippen MR) is 76.1 cm³/mol. The number of benzene rings is 1. The first-order valence-electron chi connectivity index (χ1n) is 6.20. The molecule has 0 aliphatic heterocycles. The second kappa shape index (κ2) is 4.85. The highest BCUT2D eigenvalue weighted by molar-refractivity contribution is 7.10. The molecule has 110 valence electrons. The number of hydrogen-bond donors (Lipinski definition) is 1. The van der Waals surface area contributed by atoms with E-state index in [-0.39, 0.29) is 0 Å². The Hall–Kier alpha value is -1.86. The minimum atomic E-state index is -4.37. The van der Waals surface area contributed by atoms with Gasteiger partial charge >= 0.3 is 6.18 Å². The molecular weight excluding hydrogens is 299 g/mol. The van der Waals surface area contributed by atoms with Gasteiger partial charge in [0.1, 0.15) is 5.82 Å². The number of thiophene rings is 1. The van der Waals surface area contributed by atoms with Crippen molar-refractivity contribution in [3.8, 4) is 0 Å². The Balaban J connectivity index is 2.11. The number of imidazole rings is 1. The van der Waals surface area contributed by atoms with Crippen molar-refractivity contribution in [2.45, 2.75) is 12.2 Å². The van der Waals surface area contributed by atoms with Crippen LogP contribution < -0.4 is 5.73 Å². The molecule has 3 rings (SSSR count). The number of nitrogens with zero attached hydrogens (tertiary/aromatic N) is 2. The number of alkyl halides is 3. The SMILES string of the molecule is Cn1c(C(N)c2cccs2)nc2cc(C(F)(F)F)ccc21. The highest BCUT2D eigenvalue weighted by Crippen LogP contribution is 2.32. The fourth-order valence-corrected chi connectivity index (χ4v) is 2.99. The molecule has 0 radical (unpaired) electrons. The van der Waals surface area contributed by atoms with E-state index >= 15 is 0 Å². The fourth-order valence-electron chi connectivity index (χ4n) is 2.27. The quantitative estimate of drug-likeness (QED) is 0.784. The molecular formula is C14H12F3N3S. The number of hydrogen-bond acceptors (Lipinski definition) is 3. The van der Waals surface area contributed by atoms with E-state index in [2.05, 4.69) is 4.98 Å². The smallest absolute Gasteiger partial charge is 0.329 e. The van der Waals surface area contributed by atoms with E-state index in [0.29, 0.717) is 16.9 Å². The van der Waals surface area contributed by atoms with Crippen LogP contribution in [0.4, 0.5) is 13.2 Å². The Morgan fingerprint density at radius 3 is 2.67 bits per heavy atom. The van der Waals surface area contributed by atoms with Crippen LogP contribution in [0.2, 0.25) is 0 Å². The molecule has 2 N–H and O–H groups in total. The Labute approximate surface area is 122 Å². The number of fused-ring (bicyclic) bond motifs is 1. The van der Waals surface area contributed by atoms with Gasteiger partial charge < -0.3 is 10.3 Å². The number of nitrogens with two attached hydrogens (primary N) is 1. The molecule has 1 aromatic carbocycles. The summed E-state index contributed by atoms with van der Waals surface area (Å²) in [5, 5.41) is 1.90. The van der Waals surface area contributed by atoms with Crippen LogP contribution >= 0.6 is 11.3 Å². The zero-order valence-corrected chi connectivity index (χ0v) is 11.9. The van der Waals surface area contributed by atoms with Crippen LogP contribution in [-0.4, -0.2) is 9.55 Å². The summed E-state index contributed by atoms with van der Waals surface area (Å²) in [5.41, 5.74) is 6.38. The van der Waals surface area contributed by atoms with Gasteiger partial charge in [-0.25, -0.2) is 4.98 Å². The van der Waals surface area contributed by atoms with Crippen molar-refractivity contribution in [3.05, 3.63) is 52.0 Å². The molecule has 0 saturated carbocycles. The third-order valence-corrected chi connectivity index (χ3v) is 4.33. The highest BCUT2D eigenvalue weighted by atomic mass is 32.1. The Morgan fingerprint density at radius 2 is 2.05 bits per heavy atom. The lowest BCUT2D eigenvalue weighted by Gasteiger charge is -2.09. The zero-order valence-electron chi connectivity index (χ0n) is 11.1. The maximum Gasteiger partial charge on any atom is 0.416 e. The summed E-state index contributed by atoms with van der Waals surface area (Å²) in [4.78, 5) is 5.21. The van der Waals surface area contributed by atoms with Gasteiger partial charge in [-0.3, -0.25) is 0 Å². The van der Waals surface area contributed by atoms with E-state index in [4.69, 9.17) is 5.73 Å². The number of aromatic nitrogens is 2. The van der Waals surface area contributed by atoms with E-state index in [0.717, 1.165) is 17.0 Å². The molecule has 7 heteroatoms. The molecule has 0 saturated heterocycles. The molecule has 0 spiro atoms. The zero-order chi connectivity index (χ0) is 15.2. The molecule has 0 amide bonds. The topological polar surface area (TPSA) is 43.8 Å². The second-order valence-corrected chi connectivity index (χ2v) is 5.70. The van der Waals surface area contributed by atoms with Crippen molar-refractivity contribution in [1.29, 1.82) is 0 Å². The van der Waals surface area contributed by atoms with Gasteiger partial charge in [0.2, 0.25) is 0 Å². The van der Waals surface area contributed by atoms with Crippen LogP contribution in [0.25, 0.3) is 11.0 Å². The lowest BCUT2D eigenvalue weighted by atomic mass is 10.2. The number of rotatable bonds is 2. The van der Waals surface area contributed by atoms with E-state index in [1.165, 1.54) is 17.4 Å². The van der Waals surface area contributed by atoms with Gasteiger partial charge in [-0.15, -0.1) is 11.3 Å². The maximum atomic E-state index is 12.7. The van der Waals surface area contributed by atoms with Gasteiger partial charge in [0.05, 0.1) is 22.6 Å². The Kier molecular flexibility index (Phi) is 3.26. The third kappa shape index (κ3) is 2.43. The van der Waals surface area contributed by atoms with Gasteiger partial charge in [0.25, 0.3) is 0 Å². The monoisotopic (exact) mass is 311 g/mol.